The second-order valence-corrected chi connectivity index (χ2v) is 7.44. The molecule has 0 radical (unpaired) electrons. The topological polar surface area (TPSA) is 72.5 Å². The predicted octanol–water partition coefficient (Wildman–Crippen LogP) is 2.45. The molecule has 0 aliphatic heterocycles. The summed E-state index contributed by atoms with van der Waals surface area (Å²) in [7, 11) is -2.78. The van der Waals surface area contributed by atoms with Crippen molar-refractivity contribution in [1.82, 2.24) is 4.72 Å². The first kappa shape index (κ1) is 18.1. The van der Waals surface area contributed by atoms with Crippen LogP contribution in [0.4, 0.5) is 4.39 Å². The molecule has 1 rings (SSSR count). The molecular formula is C13H17BrFNO4S. The van der Waals surface area contributed by atoms with Crippen molar-refractivity contribution < 1.29 is 22.3 Å². The average Bonchev–Trinajstić information content (AvgIpc) is 2.35. The predicted molar refractivity (Wildman–Crippen MR) is 79.7 cm³/mol. The molecule has 0 aliphatic rings. The van der Waals surface area contributed by atoms with E-state index in [1.807, 2.05) is 13.8 Å². The van der Waals surface area contributed by atoms with Crippen molar-refractivity contribution in [3.8, 4) is 0 Å². The van der Waals surface area contributed by atoms with Crippen LogP contribution in [0.25, 0.3) is 0 Å². The minimum absolute atomic E-state index is 0.0863. The van der Waals surface area contributed by atoms with Crippen LogP contribution in [-0.4, -0.2) is 27.5 Å². The third-order valence-electron chi connectivity index (χ3n) is 2.67. The SMILES string of the molecule is COC(=O)[C@H](CC(C)C)NS(=O)(=O)c1ccc(F)cc1Br. The summed E-state index contributed by atoms with van der Waals surface area (Å²) >= 11 is 3.00. The largest absolute Gasteiger partial charge is 0.468 e. The Bertz CT molecular complexity index is 619. The van der Waals surface area contributed by atoms with Gasteiger partial charge < -0.3 is 4.74 Å². The third-order valence-corrected chi connectivity index (χ3v) is 5.12. The lowest BCUT2D eigenvalue weighted by atomic mass is 10.1. The molecule has 0 heterocycles. The Labute approximate surface area is 132 Å². The highest BCUT2D eigenvalue weighted by atomic mass is 79.9. The van der Waals surface area contributed by atoms with Crippen molar-refractivity contribution in [3.05, 3.63) is 28.5 Å². The lowest BCUT2D eigenvalue weighted by Crippen LogP contribution is -2.42. The number of benzene rings is 1. The van der Waals surface area contributed by atoms with Crippen LogP contribution in [-0.2, 0) is 19.6 Å². The number of rotatable bonds is 6. The molecule has 1 atom stereocenters. The monoisotopic (exact) mass is 381 g/mol. The Morgan fingerprint density at radius 1 is 1.43 bits per heavy atom. The fraction of sp³-hybridized carbons (Fsp3) is 0.462. The summed E-state index contributed by atoms with van der Waals surface area (Å²) < 4.78 is 44.6. The van der Waals surface area contributed by atoms with E-state index in [4.69, 9.17) is 0 Å². The van der Waals surface area contributed by atoms with E-state index in [-0.39, 0.29) is 15.3 Å². The Morgan fingerprint density at radius 2 is 2.05 bits per heavy atom. The molecule has 118 valence electrons. The normalized spacial score (nSPS) is 13.2. The smallest absolute Gasteiger partial charge is 0.323 e. The quantitative estimate of drug-likeness (QED) is 0.768. The molecule has 1 aromatic carbocycles. The fourth-order valence-corrected chi connectivity index (χ4v) is 4.00. The summed E-state index contributed by atoms with van der Waals surface area (Å²) in [6, 6.07) is 2.22. The van der Waals surface area contributed by atoms with E-state index in [1.54, 1.807) is 0 Å². The lowest BCUT2D eigenvalue weighted by molar-refractivity contribution is -0.143. The van der Waals surface area contributed by atoms with Crippen LogP contribution in [0.1, 0.15) is 20.3 Å². The van der Waals surface area contributed by atoms with Crippen molar-refractivity contribution >= 4 is 31.9 Å². The van der Waals surface area contributed by atoms with E-state index < -0.39 is 27.9 Å². The lowest BCUT2D eigenvalue weighted by Gasteiger charge is -2.18. The van der Waals surface area contributed by atoms with Gasteiger partial charge in [-0.2, -0.15) is 4.72 Å². The van der Waals surface area contributed by atoms with Crippen LogP contribution < -0.4 is 4.72 Å². The first-order valence-corrected chi connectivity index (χ1v) is 8.50. The molecule has 0 spiro atoms. The van der Waals surface area contributed by atoms with Crippen LogP contribution in [0.3, 0.4) is 0 Å². The number of carbonyl (C=O) groups excluding carboxylic acids is 1. The minimum atomic E-state index is -3.97. The number of carbonyl (C=O) groups is 1. The van der Waals surface area contributed by atoms with Crippen LogP contribution in [0.5, 0.6) is 0 Å². The second kappa shape index (κ2) is 7.33. The number of esters is 1. The van der Waals surface area contributed by atoms with Crippen LogP contribution in [0.2, 0.25) is 0 Å². The number of sulfonamides is 1. The molecule has 8 heteroatoms. The Kier molecular flexibility index (Phi) is 6.30. The van der Waals surface area contributed by atoms with E-state index in [2.05, 4.69) is 25.4 Å². The minimum Gasteiger partial charge on any atom is -0.468 e. The fourth-order valence-electron chi connectivity index (χ4n) is 1.75. The van der Waals surface area contributed by atoms with E-state index in [0.29, 0.717) is 6.42 Å². The highest BCUT2D eigenvalue weighted by molar-refractivity contribution is 9.10. The number of nitrogens with one attached hydrogen (secondary N) is 1. The summed E-state index contributed by atoms with van der Waals surface area (Å²) in [5.41, 5.74) is 0. The van der Waals surface area contributed by atoms with Crippen molar-refractivity contribution in [2.45, 2.75) is 31.2 Å². The third kappa shape index (κ3) is 5.05. The summed E-state index contributed by atoms with van der Waals surface area (Å²) in [6.45, 7) is 3.72. The van der Waals surface area contributed by atoms with Gasteiger partial charge in [-0.25, -0.2) is 12.8 Å². The maximum Gasteiger partial charge on any atom is 0.323 e. The number of methoxy groups -OCH3 is 1. The molecule has 5 nitrogen and oxygen atoms in total. The molecular weight excluding hydrogens is 365 g/mol. The van der Waals surface area contributed by atoms with Gasteiger partial charge in [-0.15, -0.1) is 0 Å². The van der Waals surface area contributed by atoms with Gasteiger partial charge in [0.2, 0.25) is 10.0 Å². The van der Waals surface area contributed by atoms with E-state index in [0.717, 1.165) is 18.2 Å². The van der Waals surface area contributed by atoms with Crippen LogP contribution in [0.15, 0.2) is 27.6 Å². The zero-order valence-electron chi connectivity index (χ0n) is 11.9. The van der Waals surface area contributed by atoms with Crippen molar-refractivity contribution in [2.24, 2.45) is 5.92 Å². The molecule has 0 fully saturated rings. The highest BCUT2D eigenvalue weighted by Crippen LogP contribution is 2.23. The number of halogens is 2. The van der Waals surface area contributed by atoms with Gasteiger partial charge in [-0.3, -0.25) is 4.79 Å². The maximum absolute atomic E-state index is 13.0. The Hall–Kier alpha value is -0.990. The van der Waals surface area contributed by atoms with Gasteiger partial charge >= 0.3 is 5.97 Å². The van der Waals surface area contributed by atoms with Gasteiger partial charge in [-0.1, -0.05) is 13.8 Å². The van der Waals surface area contributed by atoms with Gasteiger partial charge in [0.05, 0.1) is 12.0 Å². The zero-order chi connectivity index (χ0) is 16.2. The average molecular weight is 382 g/mol. The van der Waals surface area contributed by atoms with Crippen molar-refractivity contribution in [1.29, 1.82) is 0 Å². The summed E-state index contributed by atoms with van der Waals surface area (Å²) in [4.78, 5) is 11.5. The van der Waals surface area contributed by atoms with Crippen LogP contribution in [0, 0.1) is 11.7 Å². The molecule has 0 saturated carbocycles. The number of hydrogen-bond acceptors (Lipinski definition) is 4. The maximum atomic E-state index is 13.0. The molecule has 0 amide bonds. The second-order valence-electron chi connectivity index (χ2n) is 4.90. The number of hydrogen-bond donors (Lipinski definition) is 1. The summed E-state index contributed by atoms with van der Waals surface area (Å²) in [6.07, 6.45) is 0.296. The standard InChI is InChI=1S/C13H17BrFNO4S/c1-8(2)6-11(13(17)20-3)16-21(18,19)12-5-4-9(15)7-10(12)14/h4-5,7-8,11,16H,6H2,1-3H3/t11-/m0/s1. The molecule has 0 unspecified atom stereocenters. The van der Waals surface area contributed by atoms with Gasteiger partial charge in [0, 0.05) is 4.47 Å². The summed E-state index contributed by atoms with van der Waals surface area (Å²) in [5, 5.41) is 0. The zero-order valence-corrected chi connectivity index (χ0v) is 14.3. The molecule has 21 heavy (non-hydrogen) atoms. The van der Waals surface area contributed by atoms with Gasteiger partial charge in [0.15, 0.2) is 0 Å². The molecule has 1 aromatic rings. The highest BCUT2D eigenvalue weighted by Gasteiger charge is 2.28. The molecule has 0 bridgehead atoms. The van der Waals surface area contributed by atoms with Crippen molar-refractivity contribution in [2.75, 3.05) is 7.11 Å². The molecule has 1 N–H and O–H groups in total. The van der Waals surface area contributed by atoms with Gasteiger partial charge in [-0.05, 0) is 46.5 Å². The first-order chi connectivity index (χ1) is 9.67. The summed E-state index contributed by atoms with van der Waals surface area (Å²) in [5.74, 6) is -1.13. The first-order valence-electron chi connectivity index (χ1n) is 6.22. The van der Waals surface area contributed by atoms with Gasteiger partial charge in [0.1, 0.15) is 11.9 Å². The van der Waals surface area contributed by atoms with E-state index in [9.17, 15) is 17.6 Å². The molecule has 0 aromatic heterocycles. The van der Waals surface area contributed by atoms with E-state index in [1.165, 1.54) is 7.11 Å². The Balaban J connectivity index is 3.08. The van der Waals surface area contributed by atoms with Crippen molar-refractivity contribution in [3.63, 3.8) is 0 Å². The molecule has 0 saturated heterocycles. The van der Waals surface area contributed by atoms with Crippen LogP contribution >= 0.6 is 15.9 Å². The van der Waals surface area contributed by atoms with Gasteiger partial charge in [0.25, 0.3) is 0 Å². The molecule has 0 aliphatic carbocycles. The number of ether oxygens (including phenoxy) is 1. The van der Waals surface area contributed by atoms with E-state index >= 15 is 0 Å². The Morgan fingerprint density at radius 3 is 2.52 bits per heavy atom.